The summed E-state index contributed by atoms with van der Waals surface area (Å²) in [5.74, 6) is -1.51. The molecule has 0 aliphatic heterocycles. The van der Waals surface area contributed by atoms with Crippen LogP contribution in [0.15, 0.2) is 0 Å². The molecule has 1 rings (SSSR count). The van der Waals surface area contributed by atoms with Crippen LogP contribution in [0.1, 0.15) is 46.5 Å². The lowest BCUT2D eigenvalue weighted by molar-refractivity contribution is -0.398. The molecule has 2 amide bonds. The van der Waals surface area contributed by atoms with Crippen LogP contribution in [-0.2, 0) is 14.4 Å². The van der Waals surface area contributed by atoms with Crippen molar-refractivity contribution in [3.05, 3.63) is 0 Å². The van der Waals surface area contributed by atoms with Gasteiger partial charge in [-0.2, -0.15) is 0 Å². The van der Waals surface area contributed by atoms with E-state index >= 15 is 0 Å². The molecule has 1 aliphatic carbocycles. The van der Waals surface area contributed by atoms with Gasteiger partial charge in [-0.1, -0.05) is 13.8 Å². The summed E-state index contributed by atoms with van der Waals surface area (Å²) in [5.41, 5.74) is 3.68. The molecule has 0 spiro atoms. The standard InChI is InChI=1S/C16H29N3O4/c1-9(2)13(16(22)23)19-15(21)12-6-4-11(5-7-12)8-18-14(20)10(3)17/h9-13H,4-8,17H2,1-3H3,(H,18,20)(H,19,21)(H,22,23)/t10-,11?,12?,13-/m1/s1. The summed E-state index contributed by atoms with van der Waals surface area (Å²) in [6, 6.07) is -1.22. The van der Waals surface area contributed by atoms with E-state index in [0.717, 1.165) is 12.8 Å². The molecule has 5 N–H and O–H groups in total. The third kappa shape index (κ3) is 6.17. The first-order valence-electron chi connectivity index (χ1n) is 8.34. The molecule has 0 aromatic rings. The molecule has 0 saturated heterocycles. The molecule has 0 radical (unpaired) electrons. The van der Waals surface area contributed by atoms with E-state index in [1.807, 2.05) is 0 Å². The Labute approximate surface area is 137 Å². The number of hydrogen-bond acceptors (Lipinski definition) is 4. The summed E-state index contributed by atoms with van der Waals surface area (Å²) in [7, 11) is 0. The summed E-state index contributed by atoms with van der Waals surface area (Å²) in [6.07, 6.45) is 3.12. The topological polar surface area (TPSA) is 126 Å². The lowest BCUT2D eigenvalue weighted by Crippen LogP contribution is -2.66. The van der Waals surface area contributed by atoms with Gasteiger partial charge in [0.05, 0.1) is 12.0 Å². The number of nitrogens with one attached hydrogen (secondary N) is 2. The highest BCUT2D eigenvalue weighted by Crippen LogP contribution is 2.28. The van der Waals surface area contributed by atoms with Crippen LogP contribution in [0.2, 0.25) is 0 Å². The molecule has 1 fully saturated rings. The number of rotatable bonds is 7. The molecule has 0 unspecified atom stereocenters. The zero-order valence-corrected chi connectivity index (χ0v) is 14.3. The lowest BCUT2D eigenvalue weighted by Gasteiger charge is -2.30. The van der Waals surface area contributed by atoms with Crippen LogP contribution in [0, 0.1) is 17.8 Å². The van der Waals surface area contributed by atoms with E-state index in [9.17, 15) is 19.5 Å². The van der Waals surface area contributed by atoms with E-state index in [4.69, 9.17) is 0 Å². The highest BCUT2D eigenvalue weighted by molar-refractivity contribution is 5.84. The number of carboxylic acid groups (broad SMARTS) is 1. The van der Waals surface area contributed by atoms with Gasteiger partial charge in [-0.05, 0) is 44.4 Å². The molecule has 0 aromatic heterocycles. The van der Waals surface area contributed by atoms with Crippen molar-refractivity contribution in [3.63, 3.8) is 0 Å². The van der Waals surface area contributed by atoms with E-state index < -0.39 is 12.0 Å². The highest BCUT2D eigenvalue weighted by atomic mass is 16.4. The zero-order valence-electron chi connectivity index (χ0n) is 14.3. The monoisotopic (exact) mass is 327 g/mol. The summed E-state index contributed by atoms with van der Waals surface area (Å²) < 4.78 is 0. The number of hydrogen-bond donors (Lipinski definition) is 3. The minimum absolute atomic E-state index is 0.0569. The molecule has 7 nitrogen and oxygen atoms in total. The lowest BCUT2D eigenvalue weighted by atomic mass is 9.81. The number of carbonyl (C=O) groups excluding carboxylic acids is 3. The van der Waals surface area contributed by atoms with E-state index in [1.54, 1.807) is 20.8 Å². The first-order chi connectivity index (χ1) is 10.7. The summed E-state index contributed by atoms with van der Waals surface area (Å²) in [5, 5.41) is 16.5. The van der Waals surface area contributed by atoms with Crippen molar-refractivity contribution in [2.45, 2.75) is 58.5 Å². The quantitative estimate of drug-likeness (QED) is 0.522. The Hall–Kier alpha value is -1.63. The van der Waals surface area contributed by atoms with E-state index in [-0.39, 0.29) is 29.7 Å². The minimum atomic E-state index is -1.24. The van der Waals surface area contributed by atoms with Gasteiger partial charge in [0.2, 0.25) is 5.91 Å². The van der Waals surface area contributed by atoms with Crippen LogP contribution in [0.4, 0.5) is 0 Å². The molecule has 7 heteroatoms. The van der Waals surface area contributed by atoms with E-state index in [0.29, 0.717) is 25.3 Å². The number of carboxylic acids is 1. The zero-order chi connectivity index (χ0) is 17.6. The van der Waals surface area contributed by atoms with Crippen LogP contribution in [0.25, 0.3) is 0 Å². The van der Waals surface area contributed by atoms with Crippen LogP contribution in [-0.4, -0.2) is 36.4 Å². The van der Waals surface area contributed by atoms with Gasteiger partial charge in [-0.25, -0.2) is 0 Å². The van der Waals surface area contributed by atoms with Crippen molar-refractivity contribution in [1.82, 2.24) is 10.6 Å². The van der Waals surface area contributed by atoms with Crippen molar-refractivity contribution in [2.24, 2.45) is 17.8 Å². The molecule has 132 valence electrons. The molecule has 1 aliphatic rings. The van der Waals surface area contributed by atoms with Crippen molar-refractivity contribution in [2.75, 3.05) is 6.54 Å². The second-order valence-electron chi connectivity index (χ2n) is 6.91. The molecule has 0 bridgehead atoms. The molecule has 23 heavy (non-hydrogen) atoms. The molecule has 2 atom stereocenters. The van der Waals surface area contributed by atoms with Gasteiger partial charge in [0.25, 0.3) is 5.91 Å². The smallest absolute Gasteiger partial charge is 0.277 e. The second-order valence-corrected chi connectivity index (χ2v) is 6.91. The molecular formula is C16H29N3O4. The SMILES string of the molecule is CC(C)[C@@H](NC(=O)C1CCC(CNC(=O)[C@@H](C)[NH3+])CC1)C(=O)[O-]. The van der Waals surface area contributed by atoms with Gasteiger partial charge in [-0.3, -0.25) is 9.59 Å². The molecule has 0 aromatic carbocycles. The Kier molecular flexibility index (Phi) is 7.48. The fourth-order valence-electron chi connectivity index (χ4n) is 2.82. The van der Waals surface area contributed by atoms with E-state index in [1.165, 1.54) is 0 Å². The van der Waals surface area contributed by atoms with Gasteiger partial charge in [0.15, 0.2) is 6.04 Å². The fraction of sp³-hybridized carbons (Fsp3) is 0.812. The second kappa shape index (κ2) is 8.86. The number of quaternary nitrogens is 1. The average Bonchev–Trinajstić information content (AvgIpc) is 2.49. The van der Waals surface area contributed by atoms with E-state index in [2.05, 4.69) is 16.4 Å². The number of carbonyl (C=O) groups is 3. The maximum absolute atomic E-state index is 12.2. The predicted molar refractivity (Wildman–Crippen MR) is 82.6 cm³/mol. The third-order valence-electron chi connectivity index (χ3n) is 4.45. The minimum Gasteiger partial charge on any atom is -0.548 e. The maximum Gasteiger partial charge on any atom is 0.277 e. The largest absolute Gasteiger partial charge is 0.548 e. The van der Waals surface area contributed by atoms with Gasteiger partial charge in [0, 0.05) is 12.5 Å². The molecule has 1 saturated carbocycles. The molecular weight excluding hydrogens is 298 g/mol. The molecule has 0 heterocycles. The fourth-order valence-corrected chi connectivity index (χ4v) is 2.82. The average molecular weight is 327 g/mol. The predicted octanol–water partition coefficient (Wildman–Crippen LogP) is -1.57. The van der Waals surface area contributed by atoms with Crippen LogP contribution < -0.4 is 21.5 Å². The van der Waals surface area contributed by atoms with Crippen LogP contribution in [0.3, 0.4) is 0 Å². The normalized spacial score (nSPS) is 23.9. The van der Waals surface area contributed by atoms with Crippen molar-refractivity contribution >= 4 is 17.8 Å². The van der Waals surface area contributed by atoms with Crippen molar-refractivity contribution in [3.8, 4) is 0 Å². The summed E-state index contributed by atoms with van der Waals surface area (Å²) >= 11 is 0. The van der Waals surface area contributed by atoms with Gasteiger partial charge < -0.3 is 26.3 Å². The van der Waals surface area contributed by atoms with Gasteiger partial charge >= 0.3 is 0 Å². The Morgan fingerprint density at radius 1 is 1.13 bits per heavy atom. The highest BCUT2D eigenvalue weighted by Gasteiger charge is 2.28. The Morgan fingerprint density at radius 3 is 2.13 bits per heavy atom. The Bertz CT molecular complexity index is 429. The summed E-state index contributed by atoms with van der Waals surface area (Å²) in [4.78, 5) is 34.8. The third-order valence-corrected chi connectivity index (χ3v) is 4.45. The number of amides is 2. The summed E-state index contributed by atoms with van der Waals surface area (Å²) in [6.45, 7) is 5.84. The Morgan fingerprint density at radius 2 is 1.70 bits per heavy atom. The van der Waals surface area contributed by atoms with Crippen LogP contribution in [0.5, 0.6) is 0 Å². The first-order valence-corrected chi connectivity index (χ1v) is 8.34. The van der Waals surface area contributed by atoms with Gasteiger partial charge in [-0.15, -0.1) is 0 Å². The van der Waals surface area contributed by atoms with Crippen LogP contribution >= 0.6 is 0 Å². The first kappa shape index (κ1) is 19.4. The Balaban J connectivity index is 2.39. The van der Waals surface area contributed by atoms with Gasteiger partial charge in [0.1, 0.15) is 0 Å². The van der Waals surface area contributed by atoms with Crippen molar-refractivity contribution in [1.29, 1.82) is 0 Å². The van der Waals surface area contributed by atoms with Crippen molar-refractivity contribution < 1.29 is 25.2 Å². The number of aliphatic carboxylic acids is 1. The maximum atomic E-state index is 12.2.